The Morgan fingerprint density at radius 2 is 1.55 bits per heavy atom. The molecule has 31 heavy (non-hydrogen) atoms. The van der Waals surface area contributed by atoms with E-state index >= 15 is 0 Å². The van der Waals surface area contributed by atoms with Gasteiger partial charge in [0.1, 0.15) is 0 Å². The van der Waals surface area contributed by atoms with E-state index in [1.807, 2.05) is 6.92 Å². The van der Waals surface area contributed by atoms with Gasteiger partial charge in [-0.05, 0) is 85.7 Å². The number of benzene rings is 3. The Morgan fingerprint density at radius 3 is 2.26 bits per heavy atom. The van der Waals surface area contributed by atoms with Gasteiger partial charge in [0.15, 0.2) is 0 Å². The Hall–Kier alpha value is -3.12. The molecule has 0 radical (unpaired) electrons. The van der Waals surface area contributed by atoms with Crippen LogP contribution in [0.1, 0.15) is 52.9 Å². The molecule has 4 rings (SSSR count). The molecule has 0 heterocycles. The molecule has 160 valence electrons. The smallest absolute Gasteiger partial charge is 0.261 e. The van der Waals surface area contributed by atoms with Crippen LogP contribution in [0.2, 0.25) is 0 Å². The molecule has 5 nitrogen and oxygen atoms in total. The van der Waals surface area contributed by atoms with Crippen molar-refractivity contribution >= 4 is 21.6 Å². The third-order valence-electron chi connectivity index (χ3n) is 5.67. The predicted octanol–water partition coefficient (Wildman–Crippen LogP) is 4.86. The molecule has 0 spiro atoms. The van der Waals surface area contributed by atoms with E-state index in [9.17, 15) is 13.2 Å². The number of carbonyl (C=O) groups excluding carboxylic acids is 1. The molecule has 0 saturated carbocycles. The average molecular weight is 435 g/mol. The number of hydrogen-bond acceptors (Lipinski definition) is 3. The third-order valence-corrected chi connectivity index (χ3v) is 7.07. The van der Waals surface area contributed by atoms with Crippen molar-refractivity contribution in [3.05, 3.63) is 95.1 Å². The van der Waals surface area contributed by atoms with Crippen LogP contribution in [0.5, 0.6) is 0 Å². The van der Waals surface area contributed by atoms with Crippen LogP contribution in [0, 0.1) is 0 Å². The van der Waals surface area contributed by atoms with Crippen LogP contribution >= 0.6 is 0 Å². The SMILES string of the molecule is C[C@H](NC(=O)c1ccc(NS(=O)(=O)c2ccccc2)cc1)c1ccc2c(c1)CCCC2. The first-order chi connectivity index (χ1) is 14.9. The average Bonchev–Trinajstić information content (AvgIpc) is 2.79. The first-order valence-electron chi connectivity index (χ1n) is 10.5. The van der Waals surface area contributed by atoms with Crippen LogP contribution in [-0.2, 0) is 22.9 Å². The minimum Gasteiger partial charge on any atom is -0.346 e. The summed E-state index contributed by atoms with van der Waals surface area (Å²) in [5.41, 5.74) is 4.79. The first-order valence-corrected chi connectivity index (χ1v) is 12.0. The Labute approximate surface area is 183 Å². The molecular formula is C25H26N2O3S. The summed E-state index contributed by atoms with van der Waals surface area (Å²) in [6.07, 6.45) is 4.70. The van der Waals surface area contributed by atoms with Crippen molar-refractivity contribution in [1.29, 1.82) is 0 Å². The highest BCUT2D eigenvalue weighted by atomic mass is 32.2. The van der Waals surface area contributed by atoms with Crippen molar-refractivity contribution in [2.24, 2.45) is 0 Å². The Morgan fingerprint density at radius 1 is 0.871 bits per heavy atom. The van der Waals surface area contributed by atoms with E-state index in [4.69, 9.17) is 0 Å². The van der Waals surface area contributed by atoms with Gasteiger partial charge in [-0.3, -0.25) is 9.52 Å². The second-order valence-electron chi connectivity index (χ2n) is 7.93. The fraction of sp³-hybridized carbons (Fsp3) is 0.240. The van der Waals surface area contributed by atoms with Gasteiger partial charge in [0.05, 0.1) is 10.9 Å². The largest absolute Gasteiger partial charge is 0.346 e. The van der Waals surface area contributed by atoms with Crippen molar-refractivity contribution in [2.45, 2.75) is 43.5 Å². The minimum absolute atomic E-state index is 0.115. The maximum atomic E-state index is 12.7. The fourth-order valence-corrected chi connectivity index (χ4v) is 4.97. The molecule has 0 aromatic heterocycles. The van der Waals surface area contributed by atoms with Crippen LogP contribution < -0.4 is 10.0 Å². The summed E-state index contributed by atoms with van der Waals surface area (Å²) < 4.78 is 27.4. The maximum absolute atomic E-state index is 12.7. The topological polar surface area (TPSA) is 75.3 Å². The fourth-order valence-electron chi connectivity index (χ4n) is 3.89. The molecule has 0 aliphatic heterocycles. The van der Waals surface area contributed by atoms with E-state index in [1.54, 1.807) is 42.5 Å². The van der Waals surface area contributed by atoms with Gasteiger partial charge in [-0.1, -0.05) is 36.4 Å². The number of carbonyl (C=O) groups is 1. The molecule has 1 aliphatic carbocycles. The number of fused-ring (bicyclic) bond motifs is 1. The molecule has 0 unspecified atom stereocenters. The van der Waals surface area contributed by atoms with Gasteiger partial charge in [0, 0.05) is 11.3 Å². The number of nitrogens with one attached hydrogen (secondary N) is 2. The number of anilines is 1. The van der Waals surface area contributed by atoms with Crippen LogP contribution in [0.3, 0.4) is 0 Å². The molecule has 2 N–H and O–H groups in total. The van der Waals surface area contributed by atoms with Crippen molar-refractivity contribution < 1.29 is 13.2 Å². The van der Waals surface area contributed by atoms with Crippen molar-refractivity contribution in [3.63, 3.8) is 0 Å². The minimum atomic E-state index is -3.66. The van der Waals surface area contributed by atoms with Crippen LogP contribution in [0.25, 0.3) is 0 Å². The molecule has 0 saturated heterocycles. The molecule has 3 aromatic rings. The molecule has 0 fully saturated rings. The monoisotopic (exact) mass is 434 g/mol. The summed E-state index contributed by atoms with van der Waals surface area (Å²) in [7, 11) is -3.66. The van der Waals surface area contributed by atoms with Gasteiger partial charge in [-0.25, -0.2) is 8.42 Å². The Kier molecular flexibility index (Phi) is 6.09. The summed E-state index contributed by atoms with van der Waals surface area (Å²) in [4.78, 5) is 12.9. The van der Waals surface area contributed by atoms with E-state index in [-0.39, 0.29) is 16.8 Å². The van der Waals surface area contributed by atoms with E-state index in [1.165, 1.54) is 36.1 Å². The molecular weight excluding hydrogens is 408 g/mol. The molecule has 1 atom stereocenters. The highest BCUT2D eigenvalue weighted by molar-refractivity contribution is 7.92. The van der Waals surface area contributed by atoms with E-state index in [2.05, 4.69) is 28.2 Å². The zero-order valence-corrected chi connectivity index (χ0v) is 18.3. The second kappa shape index (κ2) is 8.94. The number of sulfonamides is 1. The van der Waals surface area contributed by atoms with Gasteiger partial charge >= 0.3 is 0 Å². The van der Waals surface area contributed by atoms with Crippen molar-refractivity contribution in [2.75, 3.05) is 4.72 Å². The van der Waals surface area contributed by atoms with Crippen LogP contribution in [0.15, 0.2) is 77.7 Å². The molecule has 0 bridgehead atoms. The summed E-state index contributed by atoms with van der Waals surface area (Å²) in [5.74, 6) is -0.192. The number of rotatable bonds is 6. The Balaban J connectivity index is 1.41. The van der Waals surface area contributed by atoms with Gasteiger partial charge < -0.3 is 5.32 Å². The molecule has 6 heteroatoms. The lowest BCUT2D eigenvalue weighted by Crippen LogP contribution is -2.26. The summed E-state index contributed by atoms with van der Waals surface area (Å²) in [6, 6.07) is 21.0. The second-order valence-corrected chi connectivity index (χ2v) is 9.61. The highest BCUT2D eigenvalue weighted by Crippen LogP contribution is 2.25. The summed E-state index contributed by atoms with van der Waals surface area (Å²) in [6.45, 7) is 1.98. The quantitative estimate of drug-likeness (QED) is 0.582. The summed E-state index contributed by atoms with van der Waals surface area (Å²) in [5, 5.41) is 3.04. The number of hydrogen-bond donors (Lipinski definition) is 2. The lowest BCUT2D eigenvalue weighted by Gasteiger charge is -2.20. The highest BCUT2D eigenvalue weighted by Gasteiger charge is 2.16. The molecule has 1 aliphatic rings. The molecule has 3 aromatic carbocycles. The number of amides is 1. The first kappa shape index (κ1) is 21.1. The van der Waals surface area contributed by atoms with Crippen molar-refractivity contribution in [1.82, 2.24) is 5.32 Å². The lowest BCUT2D eigenvalue weighted by atomic mass is 9.89. The van der Waals surface area contributed by atoms with Gasteiger partial charge in [-0.2, -0.15) is 0 Å². The predicted molar refractivity (Wildman–Crippen MR) is 123 cm³/mol. The standard InChI is InChI=1S/C25H26N2O3S/c1-18(21-12-11-19-7-5-6-8-22(19)17-21)26-25(28)20-13-15-23(16-14-20)27-31(29,30)24-9-3-2-4-10-24/h2-4,9-18,27H,5-8H2,1H3,(H,26,28)/t18-/m0/s1. The van der Waals surface area contributed by atoms with Gasteiger partial charge in [0.2, 0.25) is 0 Å². The van der Waals surface area contributed by atoms with E-state index in [0.29, 0.717) is 11.3 Å². The van der Waals surface area contributed by atoms with Gasteiger partial charge in [0.25, 0.3) is 15.9 Å². The van der Waals surface area contributed by atoms with Gasteiger partial charge in [-0.15, -0.1) is 0 Å². The maximum Gasteiger partial charge on any atom is 0.261 e. The number of aryl methyl sites for hydroxylation is 2. The van der Waals surface area contributed by atoms with E-state index < -0.39 is 10.0 Å². The summed E-state index contributed by atoms with van der Waals surface area (Å²) >= 11 is 0. The normalized spacial score (nSPS) is 14.4. The zero-order valence-electron chi connectivity index (χ0n) is 17.5. The Bertz CT molecular complexity index is 1170. The molecule has 1 amide bonds. The van der Waals surface area contributed by atoms with Crippen LogP contribution in [-0.4, -0.2) is 14.3 Å². The zero-order chi connectivity index (χ0) is 21.8. The van der Waals surface area contributed by atoms with Crippen molar-refractivity contribution in [3.8, 4) is 0 Å². The third kappa shape index (κ3) is 4.97. The van der Waals surface area contributed by atoms with E-state index in [0.717, 1.165) is 18.4 Å². The van der Waals surface area contributed by atoms with Crippen LogP contribution in [0.4, 0.5) is 5.69 Å². The lowest BCUT2D eigenvalue weighted by molar-refractivity contribution is 0.0940.